The molecule has 0 aromatic carbocycles. The summed E-state index contributed by atoms with van der Waals surface area (Å²) >= 11 is 0.924. The molecular weight excluding hydrogens is 1040 g/mol. The van der Waals surface area contributed by atoms with Crippen LogP contribution in [0.5, 0.6) is 0 Å². The van der Waals surface area contributed by atoms with E-state index >= 15 is 0 Å². The van der Waals surface area contributed by atoms with Crippen LogP contribution in [-0.2, 0) is 66.7 Å². The Morgan fingerprint density at radius 1 is 0.873 bits per heavy atom. The molecule has 4 rings (SSSR count). The van der Waals surface area contributed by atoms with Gasteiger partial charge >= 0.3 is 24.0 Å². The average Bonchev–Trinajstić information content (AvgIpc) is 3.45. The maximum Gasteiger partial charge on any atom is 0.408 e. The van der Waals surface area contributed by atoms with E-state index in [1.165, 1.54) is 14.2 Å². The zero-order valence-electron chi connectivity index (χ0n) is 48.1. The number of nitrogens with one attached hydrogen (secondary N) is 1. The summed E-state index contributed by atoms with van der Waals surface area (Å²) in [6.45, 7) is 12.4. The number of cyclic esters (lactones) is 1. The lowest BCUT2D eigenvalue weighted by molar-refractivity contribution is -0.265. The number of allylic oxidation sites excluding steroid dienone is 6. The number of rotatable bonds is 13. The number of aliphatic carboxylic acids is 1. The number of hydrogen-bond acceptors (Lipinski definition) is 18. The molecule has 3 heterocycles. The van der Waals surface area contributed by atoms with Gasteiger partial charge in [-0.1, -0.05) is 71.1 Å². The number of carbonyl (C=O) groups excluding carboxylic acids is 7. The summed E-state index contributed by atoms with van der Waals surface area (Å²) in [6, 6.07) is -2.40. The van der Waals surface area contributed by atoms with Crippen molar-refractivity contribution in [3.8, 4) is 0 Å². The van der Waals surface area contributed by atoms with Crippen molar-refractivity contribution in [2.75, 3.05) is 46.5 Å². The first-order valence-electron chi connectivity index (χ1n) is 27.7. The predicted octanol–water partition coefficient (Wildman–Crippen LogP) is 6.27. The molecule has 10 unspecified atom stereocenters. The van der Waals surface area contributed by atoms with Crippen molar-refractivity contribution in [3.63, 3.8) is 0 Å². The zero-order chi connectivity index (χ0) is 58.7. The number of hydrogen-bond donors (Lipinski definition) is 4. The van der Waals surface area contributed by atoms with Gasteiger partial charge in [-0.3, -0.25) is 24.0 Å². The van der Waals surface area contributed by atoms with Crippen LogP contribution >= 0.6 is 11.8 Å². The van der Waals surface area contributed by atoms with E-state index in [2.05, 4.69) is 5.32 Å². The summed E-state index contributed by atoms with van der Waals surface area (Å²) in [4.78, 5) is 109. The third kappa shape index (κ3) is 19.2. The van der Waals surface area contributed by atoms with Gasteiger partial charge in [0.15, 0.2) is 5.78 Å². The number of Topliss-reactive ketones (excluding diaryl/α,β-unsaturated/α-hetero) is 3. The summed E-state index contributed by atoms with van der Waals surface area (Å²) in [7, 11) is 5.53. The van der Waals surface area contributed by atoms with Gasteiger partial charge in [0.05, 0.1) is 31.2 Å². The fraction of sp³-hybridized carbons (Fsp3) is 0.724. The van der Waals surface area contributed by atoms with Crippen molar-refractivity contribution in [2.45, 2.75) is 186 Å². The fourth-order valence-electron chi connectivity index (χ4n) is 11.1. The highest BCUT2D eigenvalue weighted by Crippen LogP contribution is 2.38. The summed E-state index contributed by atoms with van der Waals surface area (Å²) in [5.41, 5.74) is 1.18. The van der Waals surface area contributed by atoms with Gasteiger partial charge in [0.1, 0.15) is 42.3 Å². The number of aliphatic hydroxyl groups excluding tert-OH is 1. The van der Waals surface area contributed by atoms with Crippen molar-refractivity contribution >= 4 is 59.0 Å². The molecule has 3 aliphatic heterocycles. The van der Waals surface area contributed by atoms with Crippen molar-refractivity contribution < 1.29 is 86.8 Å². The molecule has 2 saturated heterocycles. The van der Waals surface area contributed by atoms with Crippen LogP contribution in [0, 0.1) is 35.5 Å². The first kappa shape index (κ1) is 66.7. The Bertz CT molecular complexity index is 2230. The van der Waals surface area contributed by atoms with Gasteiger partial charge in [-0.15, -0.1) is 11.8 Å². The lowest BCUT2D eigenvalue weighted by atomic mass is 9.78. The van der Waals surface area contributed by atoms with Gasteiger partial charge in [-0.2, -0.15) is 0 Å². The molecule has 4 aliphatic rings. The van der Waals surface area contributed by atoms with E-state index < -0.39 is 120 Å². The molecule has 21 heteroatoms. The van der Waals surface area contributed by atoms with Crippen LogP contribution in [0.4, 0.5) is 4.79 Å². The topological polar surface area (TPSA) is 277 Å². The van der Waals surface area contributed by atoms with Crippen LogP contribution in [0.3, 0.4) is 0 Å². The number of carboxylic acid groups (broad SMARTS) is 1. The number of amides is 2. The van der Waals surface area contributed by atoms with Gasteiger partial charge in [0, 0.05) is 64.2 Å². The lowest BCUT2D eigenvalue weighted by Gasteiger charge is -2.42. The maximum absolute atomic E-state index is 14.6. The number of ether oxygens (including phenoxy) is 7. The minimum absolute atomic E-state index is 0.0215. The number of aliphatic hydroxyl groups is 2. The summed E-state index contributed by atoms with van der Waals surface area (Å²) in [6.07, 6.45) is 8.16. The monoisotopic (exact) mass is 1130 g/mol. The molecule has 2 bridgehead atoms. The zero-order valence-corrected chi connectivity index (χ0v) is 48.9. The molecule has 79 heavy (non-hydrogen) atoms. The van der Waals surface area contributed by atoms with Crippen LogP contribution in [0.1, 0.15) is 126 Å². The van der Waals surface area contributed by atoms with Crippen molar-refractivity contribution in [3.05, 3.63) is 47.6 Å². The van der Waals surface area contributed by atoms with Gasteiger partial charge < -0.3 is 58.7 Å². The smallest absolute Gasteiger partial charge is 0.408 e. The summed E-state index contributed by atoms with van der Waals surface area (Å²) in [5.74, 6) is -11.1. The SMILES string of the molecule is COC(=O)C(CSCC(=O)O)NC(=O)O[C@@H]1CCC(CC(C)C2CC(=O)C(C)/C=C(\C)[C@@H](O)C(OC)C(=O)[C@H](C)CC(C)\C=C/C=C/C=C(\C)C(OC)CC3CC[C@@H](C)[C@@](O)(O3)C(=O)C(=O)N3CCCC[C@H]3C(=O)O2)CC1OC. The number of alkyl carbamates (subject to hydrolysis) is 1. The molecule has 0 radical (unpaired) electrons. The van der Waals surface area contributed by atoms with Crippen LogP contribution in [-0.4, -0.2) is 175 Å². The minimum Gasteiger partial charge on any atom is -0.481 e. The Hall–Kier alpha value is -4.77. The molecule has 4 N–H and O–H groups in total. The summed E-state index contributed by atoms with van der Waals surface area (Å²) < 4.78 is 40.3. The highest BCUT2D eigenvalue weighted by Gasteiger charge is 2.53. The Labute approximate surface area is 470 Å². The van der Waals surface area contributed by atoms with Crippen LogP contribution in [0.2, 0.25) is 0 Å². The average molecular weight is 1130 g/mol. The fourth-order valence-corrected chi connectivity index (χ4v) is 11.9. The molecule has 444 valence electrons. The number of carboxylic acids is 1. The van der Waals surface area contributed by atoms with E-state index in [0.717, 1.165) is 29.3 Å². The predicted molar refractivity (Wildman–Crippen MR) is 293 cm³/mol. The molecule has 1 saturated carbocycles. The molecule has 0 spiro atoms. The number of piperidine rings is 1. The highest BCUT2D eigenvalue weighted by molar-refractivity contribution is 8.00. The first-order valence-corrected chi connectivity index (χ1v) is 28.9. The Morgan fingerprint density at radius 3 is 2.25 bits per heavy atom. The molecule has 0 aromatic rings. The minimum atomic E-state index is -2.49. The normalized spacial score (nSPS) is 35.5. The molecule has 0 aromatic heterocycles. The Morgan fingerprint density at radius 2 is 1.59 bits per heavy atom. The number of esters is 2. The number of nitrogens with zero attached hydrogens (tertiary/aromatic N) is 1. The van der Waals surface area contributed by atoms with Crippen LogP contribution < -0.4 is 5.32 Å². The quantitative estimate of drug-likeness (QED) is 0.0684. The van der Waals surface area contributed by atoms with E-state index in [-0.39, 0.29) is 60.7 Å². The van der Waals surface area contributed by atoms with Crippen LogP contribution in [0.25, 0.3) is 0 Å². The van der Waals surface area contributed by atoms with Gasteiger partial charge in [0.2, 0.25) is 5.79 Å². The van der Waals surface area contributed by atoms with Crippen molar-refractivity contribution in [1.82, 2.24) is 10.2 Å². The Kier molecular flexibility index (Phi) is 27.1. The van der Waals surface area contributed by atoms with Crippen LogP contribution in [0.15, 0.2) is 47.6 Å². The van der Waals surface area contributed by atoms with E-state index in [1.807, 2.05) is 51.2 Å². The number of ketones is 3. The van der Waals surface area contributed by atoms with Gasteiger partial charge in [0.25, 0.3) is 11.7 Å². The third-order valence-electron chi connectivity index (χ3n) is 16.0. The lowest BCUT2D eigenvalue weighted by Crippen LogP contribution is -2.61. The first-order chi connectivity index (χ1) is 37.4. The number of thioether (sulfide) groups is 1. The van der Waals surface area contributed by atoms with Crippen molar-refractivity contribution in [1.29, 1.82) is 0 Å². The number of carbonyl (C=O) groups is 8. The third-order valence-corrected chi connectivity index (χ3v) is 17.0. The van der Waals surface area contributed by atoms with E-state index in [1.54, 1.807) is 40.9 Å². The van der Waals surface area contributed by atoms with E-state index in [0.29, 0.717) is 63.4 Å². The number of methoxy groups -OCH3 is 4. The highest BCUT2D eigenvalue weighted by atomic mass is 32.2. The number of fused-ring (bicyclic) bond motifs is 3. The molecule has 1 aliphatic carbocycles. The van der Waals surface area contributed by atoms with E-state index in [9.17, 15) is 48.6 Å². The molecule has 3 fully saturated rings. The van der Waals surface area contributed by atoms with E-state index in [4.69, 9.17) is 38.3 Å². The standard InChI is InChI=1S/C58H88N2O18S/c1-33-17-13-12-14-18-34(2)46(72-8)29-41-22-20-39(7)58(71,78-41)53(66)54(67)60-24-16-15-19-43(60)56(69)76-47(30-44(61)35(3)26-38(6)51(65)52(74-10)50(64)37(5)25-33)36(4)27-40-21-23-45(48(28-40)73-9)77-57(70)59-42(55(68)75-11)31-79-32-49(62)63/h12-14,17-18,26,33,35-37,39-43,45-48,51-52,65,71H,15-16,19-25,27-32H2,1-11H3,(H,59,70)(H,62,63)/b14-12+,17-13-,34-18+,38-26+/t33?,35?,36?,37-,39-,40?,41?,42?,43+,45-,46?,47?,48?,51-,52?,58-/m1/s1. The molecule has 16 atom stereocenters. The maximum atomic E-state index is 14.6. The van der Waals surface area contributed by atoms with Gasteiger partial charge in [-0.05, 0) is 107 Å². The second-order valence-corrected chi connectivity index (χ2v) is 23.1. The second kappa shape index (κ2) is 32.0. The Balaban J connectivity index is 1.65. The molecular formula is C58H88N2O18S. The van der Waals surface area contributed by atoms with Gasteiger partial charge in [-0.25, -0.2) is 14.4 Å². The molecule has 20 nitrogen and oxygen atoms in total. The largest absolute Gasteiger partial charge is 0.481 e. The van der Waals surface area contributed by atoms with Crippen molar-refractivity contribution in [2.24, 2.45) is 35.5 Å². The molecule has 2 amide bonds. The second-order valence-electron chi connectivity index (χ2n) is 22.1. The summed E-state index contributed by atoms with van der Waals surface area (Å²) in [5, 5.41) is 35.1.